The first-order valence-electron chi connectivity index (χ1n) is 15.8. The van der Waals surface area contributed by atoms with Crippen molar-refractivity contribution in [2.24, 2.45) is 0 Å². The van der Waals surface area contributed by atoms with Crippen molar-refractivity contribution in [3.05, 3.63) is 72.1 Å². The number of hydrogen-bond donors (Lipinski definition) is 1. The molecule has 3 atom stereocenters. The monoisotopic (exact) mass is 637 g/mol. The molecule has 4 aromatic heterocycles. The number of fused-ring (bicyclic) bond motifs is 5. The van der Waals surface area contributed by atoms with Crippen LogP contribution in [0.1, 0.15) is 17.8 Å². The second kappa shape index (κ2) is 11.4. The van der Waals surface area contributed by atoms with Gasteiger partial charge in [-0.3, -0.25) is 9.48 Å². The van der Waals surface area contributed by atoms with Crippen molar-refractivity contribution < 1.29 is 18.7 Å². The number of imidazole rings is 1. The summed E-state index contributed by atoms with van der Waals surface area (Å²) in [5.74, 6) is 1.64. The average molecular weight is 638 g/mol. The third kappa shape index (κ3) is 5.10. The number of pyridine rings is 2. The summed E-state index contributed by atoms with van der Waals surface area (Å²) in [5, 5.41) is 9.14. The molecule has 0 radical (unpaired) electrons. The number of carbonyl (C=O) groups is 1. The molecule has 1 saturated heterocycles. The molecule has 0 unspecified atom stereocenters. The molecule has 242 valence electrons. The van der Waals surface area contributed by atoms with E-state index in [1.807, 2.05) is 53.8 Å². The Kier molecular flexibility index (Phi) is 7.17. The van der Waals surface area contributed by atoms with E-state index in [0.717, 1.165) is 33.4 Å². The Morgan fingerprint density at radius 2 is 1.98 bits per heavy atom. The zero-order valence-electron chi connectivity index (χ0n) is 26.6. The van der Waals surface area contributed by atoms with Crippen LogP contribution in [0.3, 0.4) is 0 Å². The van der Waals surface area contributed by atoms with Crippen LogP contribution in [-0.4, -0.2) is 92.1 Å². The van der Waals surface area contributed by atoms with Gasteiger partial charge >= 0.3 is 0 Å². The SMILES string of the molecule is C=C1COCc2cnc(N3C[C@@H]4C[C@H]3C(=O)N(C)C[C@H](OC)Cn3c(C)nc5cc(F)cc(c53)-c3cccc(n3)N4)c3cnn(c23)C1. The average Bonchev–Trinajstić information content (AvgIpc) is 3.74. The minimum atomic E-state index is -0.500. The van der Waals surface area contributed by atoms with E-state index < -0.39 is 6.04 Å². The van der Waals surface area contributed by atoms with Crippen LogP contribution in [0.2, 0.25) is 0 Å². The fourth-order valence-electron chi connectivity index (χ4n) is 7.29. The van der Waals surface area contributed by atoms with Crippen LogP contribution >= 0.6 is 0 Å². The van der Waals surface area contributed by atoms with E-state index in [2.05, 4.69) is 21.8 Å². The fourth-order valence-corrected chi connectivity index (χ4v) is 7.29. The topological polar surface area (TPSA) is 115 Å². The van der Waals surface area contributed by atoms with E-state index in [0.29, 0.717) is 74.2 Å². The van der Waals surface area contributed by atoms with E-state index in [-0.39, 0.29) is 23.9 Å². The van der Waals surface area contributed by atoms with E-state index in [1.54, 1.807) is 12.0 Å². The highest BCUT2D eigenvalue weighted by atomic mass is 19.1. The Morgan fingerprint density at radius 1 is 1.11 bits per heavy atom. The predicted octanol–water partition coefficient (Wildman–Crippen LogP) is 3.92. The molecule has 1 fully saturated rings. The maximum atomic E-state index is 14.9. The molecule has 4 bridgehead atoms. The molecule has 1 amide bonds. The first kappa shape index (κ1) is 29.5. The van der Waals surface area contributed by atoms with Crippen LogP contribution in [0.15, 0.2) is 54.9 Å². The second-order valence-electron chi connectivity index (χ2n) is 12.7. The van der Waals surface area contributed by atoms with Crippen molar-refractivity contribution in [3.63, 3.8) is 0 Å². The Bertz CT molecular complexity index is 2060. The summed E-state index contributed by atoms with van der Waals surface area (Å²) in [4.78, 5) is 32.7. The first-order valence-corrected chi connectivity index (χ1v) is 15.8. The predicted molar refractivity (Wildman–Crippen MR) is 176 cm³/mol. The molecule has 12 nitrogen and oxygen atoms in total. The summed E-state index contributed by atoms with van der Waals surface area (Å²) < 4.78 is 30.7. The lowest BCUT2D eigenvalue weighted by atomic mass is 10.1. The molecule has 8 rings (SSSR count). The number of halogens is 1. The number of likely N-dealkylation sites (N-methyl/N-ethyl adjacent to an activating group) is 1. The maximum absolute atomic E-state index is 14.9. The van der Waals surface area contributed by atoms with Crippen molar-refractivity contribution in [1.82, 2.24) is 34.2 Å². The van der Waals surface area contributed by atoms with Crippen molar-refractivity contribution in [2.75, 3.05) is 44.1 Å². The van der Waals surface area contributed by atoms with Crippen molar-refractivity contribution in [3.8, 4) is 11.3 Å². The molecule has 1 aromatic carbocycles. The molecule has 7 heterocycles. The summed E-state index contributed by atoms with van der Waals surface area (Å²) in [6.45, 7) is 8.72. The summed E-state index contributed by atoms with van der Waals surface area (Å²) >= 11 is 0. The number of anilines is 2. The summed E-state index contributed by atoms with van der Waals surface area (Å²) in [5.41, 5.74) is 5.42. The molecule has 3 aliphatic heterocycles. The highest BCUT2D eigenvalue weighted by Crippen LogP contribution is 2.36. The molecular formula is C34H36FN9O3. The van der Waals surface area contributed by atoms with Crippen molar-refractivity contribution in [1.29, 1.82) is 0 Å². The minimum Gasteiger partial charge on any atom is -0.378 e. The van der Waals surface area contributed by atoms with Gasteiger partial charge in [-0.15, -0.1) is 0 Å². The summed E-state index contributed by atoms with van der Waals surface area (Å²) in [7, 11) is 3.46. The number of ether oxygens (including phenoxy) is 2. The van der Waals surface area contributed by atoms with Crippen LogP contribution < -0.4 is 10.2 Å². The number of nitrogens with zero attached hydrogens (tertiary/aromatic N) is 8. The molecule has 0 spiro atoms. The molecule has 0 saturated carbocycles. The highest BCUT2D eigenvalue weighted by Gasteiger charge is 2.41. The normalized spacial score (nSPS) is 21.8. The molecule has 0 aliphatic carbocycles. The van der Waals surface area contributed by atoms with Gasteiger partial charge in [-0.05, 0) is 37.1 Å². The zero-order valence-corrected chi connectivity index (χ0v) is 26.6. The van der Waals surface area contributed by atoms with Crippen LogP contribution in [-0.2, 0) is 34.0 Å². The number of aryl methyl sites for hydroxylation is 1. The lowest BCUT2D eigenvalue weighted by Gasteiger charge is -2.31. The number of hydrogen-bond acceptors (Lipinski definition) is 9. The second-order valence-corrected chi connectivity index (χ2v) is 12.7. The molecule has 13 heteroatoms. The quantitative estimate of drug-likeness (QED) is 0.288. The van der Waals surface area contributed by atoms with E-state index in [4.69, 9.17) is 24.5 Å². The molecular weight excluding hydrogens is 601 g/mol. The number of rotatable bonds is 2. The fraction of sp³-hybridized carbons (Fsp3) is 0.382. The van der Waals surface area contributed by atoms with Crippen LogP contribution in [0, 0.1) is 12.7 Å². The smallest absolute Gasteiger partial charge is 0.245 e. The van der Waals surface area contributed by atoms with Gasteiger partial charge in [-0.25, -0.2) is 19.3 Å². The van der Waals surface area contributed by atoms with Gasteiger partial charge in [-0.2, -0.15) is 5.10 Å². The molecule has 3 aliphatic rings. The lowest BCUT2D eigenvalue weighted by molar-refractivity contribution is -0.132. The highest BCUT2D eigenvalue weighted by molar-refractivity contribution is 5.95. The maximum Gasteiger partial charge on any atom is 0.245 e. The van der Waals surface area contributed by atoms with Gasteiger partial charge in [0.15, 0.2) is 0 Å². The number of methoxy groups -OCH3 is 1. The minimum absolute atomic E-state index is 0.0350. The standard InChI is InChI=1S/C34H36FN9O3/c1-19-13-44-31-21(18-47-17-19)11-36-33(26(31)12-37-44)43-14-23-10-29(43)34(45)41(3)15-24(46-4)16-42-20(2)38-28-9-22(35)8-25(32(28)42)27-6-5-7-30(39-23)40-27/h5-9,11-12,23-24,29H,1,10,13-18H2,2-4H3,(H,39,40)/t23-,24-,29-/m0/s1. The van der Waals surface area contributed by atoms with Crippen LogP contribution in [0.4, 0.5) is 16.0 Å². The van der Waals surface area contributed by atoms with Crippen molar-refractivity contribution >= 4 is 39.5 Å². The van der Waals surface area contributed by atoms with Gasteiger partial charge in [0.05, 0.1) is 66.2 Å². The Balaban J connectivity index is 1.23. The number of amides is 1. The number of nitrogens with one attached hydrogen (secondary N) is 1. The third-order valence-electron chi connectivity index (χ3n) is 9.47. The number of aromatic nitrogens is 6. The Hall–Kier alpha value is -4.88. The zero-order chi connectivity index (χ0) is 32.4. The van der Waals surface area contributed by atoms with Gasteiger partial charge in [-0.1, -0.05) is 12.6 Å². The van der Waals surface area contributed by atoms with Gasteiger partial charge in [0.1, 0.15) is 29.3 Å². The first-order chi connectivity index (χ1) is 22.8. The number of carbonyl (C=O) groups excluding carboxylic acids is 1. The van der Waals surface area contributed by atoms with Gasteiger partial charge in [0.2, 0.25) is 5.91 Å². The largest absolute Gasteiger partial charge is 0.378 e. The Morgan fingerprint density at radius 3 is 2.83 bits per heavy atom. The van der Waals surface area contributed by atoms with E-state index >= 15 is 0 Å². The van der Waals surface area contributed by atoms with Gasteiger partial charge < -0.3 is 29.2 Å². The Labute approximate surface area is 270 Å². The van der Waals surface area contributed by atoms with E-state index in [1.165, 1.54) is 12.1 Å². The summed E-state index contributed by atoms with van der Waals surface area (Å²) in [6, 6.07) is 8.01. The summed E-state index contributed by atoms with van der Waals surface area (Å²) in [6.07, 6.45) is 3.83. The van der Waals surface area contributed by atoms with Gasteiger partial charge in [0, 0.05) is 56.7 Å². The molecule has 5 aromatic rings. The molecule has 47 heavy (non-hydrogen) atoms. The van der Waals surface area contributed by atoms with Crippen LogP contribution in [0.25, 0.3) is 33.2 Å². The third-order valence-corrected chi connectivity index (χ3v) is 9.47. The van der Waals surface area contributed by atoms with Crippen molar-refractivity contribution in [2.45, 2.75) is 51.2 Å². The number of benzene rings is 1. The van der Waals surface area contributed by atoms with Gasteiger partial charge in [0.25, 0.3) is 0 Å². The lowest BCUT2D eigenvalue weighted by Crippen LogP contribution is -2.47. The van der Waals surface area contributed by atoms with Crippen LogP contribution in [0.5, 0.6) is 0 Å². The van der Waals surface area contributed by atoms with E-state index in [9.17, 15) is 9.18 Å². The molecule has 1 N–H and O–H groups in total.